The Kier molecular flexibility index (Phi) is 6.30. The summed E-state index contributed by atoms with van der Waals surface area (Å²) in [6.07, 6.45) is 3.50. The molecule has 0 radical (unpaired) electrons. The first-order chi connectivity index (χ1) is 13.4. The second-order valence-corrected chi connectivity index (χ2v) is 6.98. The summed E-state index contributed by atoms with van der Waals surface area (Å²) in [5, 5.41) is 12.2. The molecular formula is C20H21F2N3O3. The molecule has 0 unspecified atom stereocenters. The highest BCUT2D eigenvalue weighted by molar-refractivity contribution is 5.80. The smallest absolute Gasteiger partial charge is 0.307 e. The first-order valence-corrected chi connectivity index (χ1v) is 8.98. The highest BCUT2D eigenvalue weighted by atomic mass is 19.1. The summed E-state index contributed by atoms with van der Waals surface area (Å²) in [7, 11) is 0. The van der Waals surface area contributed by atoms with Gasteiger partial charge in [-0.1, -0.05) is 12.1 Å². The van der Waals surface area contributed by atoms with Crippen LogP contribution in [0.25, 0.3) is 0 Å². The van der Waals surface area contributed by atoms with Gasteiger partial charge in [-0.2, -0.15) is 0 Å². The number of benzene rings is 1. The van der Waals surface area contributed by atoms with Crippen molar-refractivity contribution in [3.8, 4) is 0 Å². The van der Waals surface area contributed by atoms with Gasteiger partial charge in [-0.3, -0.25) is 19.5 Å². The van der Waals surface area contributed by atoms with Gasteiger partial charge < -0.3 is 10.4 Å². The van der Waals surface area contributed by atoms with Crippen LogP contribution in [-0.2, 0) is 22.7 Å². The van der Waals surface area contributed by atoms with Gasteiger partial charge in [-0.15, -0.1) is 0 Å². The van der Waals surface area contributed by atoms with Crippen molar-refractivity contribution in [3.05, 3.63) is 65.5 Å². The number of hydrogen-bond donors (Lipinski definition) is 2. The van der Waals surface area contributed by atoms with Gasteiger partial charge in [0.25, 0.3) is 0 Å². The maximum atomic E-state index is 14.0. The molecule has 1 saturated heterocycles. The second kappa shape index (κ2) is 8.88. The summed E-state index contributed by atoms with van der Waals surface area (Å²) in [4.78, 5) is 29.8. The number of halogens is 2. The normalized spacial score (nSPS) is 19.9. The lowest BCUT2D eigenvalue weighted by atomic mass is 9.88. The standard InChI is InChI=1S/C20H21F2N3O3/c21-17-4-3-14(18(22)7-17)10-25-11-15(6-16(12-25)20(27)28)19(26)24-9-13-2-1-5-23-8-13/h1-5,7-8,15-16H,6,9-12H2,(H,24,26)(H,27,28)/t15-,16-/m1/s1. The van der Waals surface area contributed by atoms with Crippen molar-refractivity contribution in [1.29, 1.82) is 0 Å². The quantitative estimate of drug-likeness (QED) is 0.792. The van der Waals surface area contributed by atoms with E-state index in [1.165, 1.54) is 6.07 Å². The number of likely N-dealkylation sites (tertiary alicyclic amines) is 1. The Hall–Kier alpha value is -2.87. The Morgan fingerprint density at radius 3 is 2.68 bits per heavy atom. The number of hydrogen-bond acceptors (Lipinski definition) is 4. The molecule has 1 aromatic heterocycles. The van der Waals surface area contributed by atoms with Crippen molar-refractivity contribution >= 4 is 11.9 Å². The van der Waals surface area contributed by atoms with Crippen LogP contribution in [0.5, 0.6) is 0 Å². The Labute approximate surface area is 161 Å². The number of carboxylic acids is 1. The fourth-order valence-electron chi connectivity index (χ4n) is 3.42. The molecule has 0 spiro atoms. The third-order valence-electron chi connectivity index (χ3n) is 4.84. The molecule has 0 bridgehead atoms. The molecule has 1 amide bonds. The molecular weight excluding hydrogens is 368 g/mol. The van der Waals surface area contributed by atoms with Gasteiger partial charge in [0.05, 0.1) is 11.8 Å². The SMILES string of the molecule is O=C(O)[C@@H]1C[C@@H](C(=O)NCc2cccnc2)CN(Cc2ccc(F)cc2F)C1. The molecule has 1 fully saturated rings. The minimum atomic E-state index is -0.991. The molecule has 8 heteroatoms. The molecule has 1 aliphatic rings. The molecule has 1 aliphatic heterocycles. The molecule has 3 rings (SSSR count). The lowest BCUT2D eigenvalue weighted by Crippen LogP contribution is -2.47. The molecule has 28 heavy (non-hydrogen) atoms. The van der Waals surface area contributed by atoms with Gasteiger partial charge in [0.15, 0.2) is 0 Å². The van der Waals surface area contributed by atoms with Crippen molar-refractivity contribution in [2.24, 2.45) is 11.8 Å². The van der Waals surface area contributed by atoms with E-state index in [1.54, 1.807) is 23.4 Å². The monoisotopic (exact) mass is 389 g/mol. The molecule has 2 atom stereocenters. The van der Waals surface area contributed by atoms with Crippen LogP contribution in [0, 0.1) is 23.5 Å². The molecule has 1 aromatic carbocycles. The second-order valence-electron chi connectivity index (χ2n) is 6.98. The van der Waals surface area contributed by atoms with Crippen molar-refractivity contribution in [2.75, 3.05) is 13.1 Å². The molecule has 2 aromatic rings. The number of carbonyl (C=O) groups excluding carboxylic acids is 1. The van der Waals surface area contributed by atoms with Crippen LogP contribution in [0.2, 0.25) is 0 Å². The van der Waals surface area contributed by atoms with Gasteiger partial charge >= 0.3 is 5.97 Å². The third-order valence-corrected chi connectivity index (χ3v) is 4.84. The highest BCUT2D eigenvalue weighted by Gasteiger charge is 2.35. The van der Waals surface area contributed by atoms with E-state index in [0.29, 0.717) is 13.1 Å². The molecule has 2 N–H and O–H groups in total. The number of piperidine rings is 1. The van der Waals surface area contributed by atoms with Crippen LogP contribution in [0.1, 0.15) is 17.5 Å². The summed E-state index contributed by atoms with van der Waals surface area (Å²) >= 11 is 0. The number of rotatable bonds is 6. The number of aliphatic carboxylic acids is 1. The Balaban J connectivity index is 1.67. The number of carboxylic acid groups (broad SMARTS) is 1. The van der Waals surface area contributed by atoms with Crippen molar-refractivity contribution in [3.63, 3.8) is 0 Å². The van der Waals surface area contributed by atoms with E-state index in [1.807, 2.05) is 6.07 Å². The Morgan fingerprint density at radius 1 is 1.21 bits per heavy atom. The highest BCUT2D eigenvalue weighted by Crippen LogP contribution is 2.25. The Bertz CT molecular complexity index is 848. The molecule has 0 saturated carbocycles. The zero-order valence-corrected chi connectivity index (χ0v) is 15.1. The van der Waals surface area contributed by atoms with Crippen LogP contribution in [0.4, 0.5) is 8.78 Å². The van der Waals surface area contributed by atoms with Gasteiger partial charge in [-0.25, -0.2) is 8.78 Å². The van der Waals surface area contributed by atoms with Gasteiger partial charge in [0.1, 0.15) is 11.6 Å². The average Bonchev–Trinajstić information content (AvgIpc) is 2.69. The fraction of sp³-hybridized carbons (Fsp3) is 0.350. The molecule has 2 heterocycles. The molecule has 0 aliphatic carbocycles. The van der Waals surface area contributed by atoms with Crippen molar-refractivity contribution in [2.45, 2.75) is 19.5 Å². The lowest BCUT2D eigenvalue weighted by Gasteiger charge is -2.35. The van der Waals surface area contributed by atoms with E-state index in [-0.39, 0.29) is 31.0 Å². The number of nitrogens with zero attached hydrogens (tertiary/aromatic N) is 2. The summed E-state index contributed by atoms with van der Waals surface area (Å²) in [5.41, 5.74) is 1.11. The largest absolute Gasteiger partial charge is 0.481 e. The van der Waals surface area contributed by atoms with E-state index in [0.717, 1.165) is 17.7 Å². The van der Waals surface area contributed by atoms with Gasteiger partial charge in [0, 0.05) is 50.2 Å². The fourth-order valence-corrected chi connectivity index (χ4v) is 3.42. The molecule has 148 valence electrons. The van der Waals surface area contributed by atoms with Crippen molar-refractivity contribution < 1.29 is 23.5 Å². The minimum Gasteiger partial charge on any atom is -0.481 e. The zero-order valence-electron chi connectivity index (χ0n) is 15.1. The first-order valence-electron chi connectivity index (χ1n) is 8.98. The zero-order chi connectivity index (χ0) is 20.1. The maximum Gasteiger partial charge on any atom is 0.307 e. The van der Waals surface area contributed by atoms with Crippen LogP contribution in [-0.4, -0.2) is 40.0 Å². The van der Waals surface area contributed by atoms with Gasteiger partial charge in [-0.05, 0) is 24.1 Å². The average molecular weight is 389 g/mol. The lowest BCUT2D eigenvalue weighted by molar-refractivity contribution is -0.145. The summed E-state index contributed by atoms with van der Waals surface area (Å²) in [5.74, 6) is -3.86. The predicted molar refractivity (Wildman–Crippen MR) is 97.0 cm³/mol. The molecule has 6 nitrogen and oxygen atoms in total. The summed E-state index contributed by atoms with van der Waals surface area (Å²) < 4.78 is 27.1. The number of carbonyl (C=O) groups is 2. The van der Waals surface area contributed by atoms with E-state index in [9.17, 15) is 23.5 Å². The number of aromatic nitrogens is 1. The first kappa shape index (κ1) is 19.9. The number of pyridine rings is 1. The van der Waals surface area contributed by atoms with Crippen LogP contribution >= 0.6 is 0 Å². The maximum absolute atomic E-state index is 14.0. The van der Waals surface area contributed by atoms with E-state index < -0.39 is 29.4 Å². The van der Waals surface area contributed by atoms with E-state index in [4.69, 9.17) is 0 Å². The van der Waals surface area contributed by atoms with Crippen LogP contribution in [0.3, 0.4) is 0 Å². The van der Waals surface area contributed by atoms with Crippen LogP contribution in [0.15, 0.2) is 42.7 Å². The van der Waals surface area contributed by atoms with E-state index in [2.05, 4.69) is 10.3 Å². The topological polar surface area (TPSA) is 82.5 Å². The number of amides is 1. The van der Waals surface area contributed by atoms with Crippen LogP contribution < -0.4 is 5.32 Å². The Morgan fingerprint density at radius 2 is 2.00 bits per heavy atom. The van der Waals surface area contributed by atoms with Gasteiger partial charge in [0.2, 0.25) is 5.91 Å². The van der Waals surface area contributed by atoms with Crippen molar-refractivity contribution in [1.82, 2.24) is 15.2 Å². The minimum absolute atomic E-state index is 0.113. The number of nitrogens with one attached hydrogen (secondary N) is 1. The summed E-state index contributed by atoms with van der Waals surface area (Å²) in [6, 6.07) is 6.90. The third kappa shape index (κ3) is 5.10. The van der Waals surface area contributed by atoms with E-state index >= 15 is 0 Å². The predicted octanol–water partition coefficient (Wildman–Crippen LogP) is 2.20. The summed E-state index contributed by atoms with van der Waals surface area (Å²) in [6.45, 7) is 0.924.